The number of hydrogen-bond donors (Lipinski definition) is 1. The van der Waals surface area contributed by atoms with E-state index in [-0.39, 0.29) is 6.17 Å². The second-order valence-corrected chi connectivity index (χ2v) is 14.5. The molecule has 0 aliphatic carbocycles. The lowest BCUT2D eigenvalue weighted by molar-refractivity contribution is 0.672. The van der Waals surface area contributed by atoms with Gasteiger partial charge in [-0.05, 0) is 93.2 Å². The largest absolute Gasteiger partial charge is 0.455 e. The molecule has 1 atom stereocenters. The van der Waals surface area contributed by atoms with E-state index < -0.39 is 0 Å². The van der Waals surface area contributed by atoms with Crippen LogP contribution in [0.2, 0.25) is 0 Å². The molecular weight excluding hydrogens is 673 g/mol. The SMILES string of the molecule is c1ccc(C2Nc3ccccc3N2c2cc(-c3cc4c5ccccc5oc4c4ccccc34)cc(-c3cc4c5ccccc5oc4c4ccccc34)c2)cc1. The lowest BCUT2D eigenvalue weighted by atomic mass is 9.90. The molecule has 0 saturated carbocycles. The summed E-state index contributed by atoms with van der Waals surface area (Å²) in [5.74, 6) is 0. The number of anilines is 3. The highest BCUT2D eigenvalue weighted by molar-refractivity contribution is 6.21. The van der Waals surface area contributed by atoms with Crippen LogP contribution in [0.3, 0.4) is 0 Å². The van der Waals surface area contributed by atoms with E-state index in [1.807, 2.05) is 12.1 Å². The molecule has 3 heterocycles. The maximum absolute atomic E-state index is 6.55. The Bertz CT molecular complexity index is 3150. The number of para-hydroxylation sites is 4. The van der Waals surface area contributed by atoms with Gasteiger partial charge in [0.2, 0.25) is 0 Å². The molecule has 1 unspecified atom stereocenters. The third-order valence-electron chi connectivity index (χ3n) is 11.4. The molecule has 11 aromatic rings. The predicted octanol–water partition coefficient (Wildman–Crippen LogP) is 14.4. The zero-order valence-corrected chi connectivity index (χ0v) is 29.7. The van der Waals surface area contributed by atoms with Gasteiger partial charge in [0.15, 0.2) is 0 Å². The highest BCUT2D eigenvalue weighted by Crippen LogP contribution is 2.50. The summed E-state index contributed by atoms with van der Waals surface area (Å²) in [5.41, 5.74) is 12.8. The van der Waals surface area contributed by atoms with Crippen molar-refractivity contribution in [3.63, 3.8) is 0 Å². The van der Waals surface area contributed by atoms with E-state index >= 15 is 0 Å². The van der Waals surface area contributed by atoms with Crippen LogP contribution in [0.4, 0.5) is 17.1 Å². The van der Waals surface area contributed by atoms with Crippen molar-refractivity contribution in [2.45, 2.75) is 6.17 Å². The first kappa shape index (κ1) is 30.2. The molecule has 12 rings (SSSR count). The summed E-state index contributed by atoms with van der Waals surface area (Å²) in [6, 6.07) is 65.1. The Morgan fingerprint density at radius 1 is 0.400 bits per heavy atom. The molecule has 2 aromatic heterocycles. The summed E-state index contributed by atoms with van der Waals surface area (Å²) >= 11 is 0. The highest BCUT2D eigenvalue weighted by Gasteiger charge is 2.32. The molecule has 9 aromatic carbocycles. The smallest absolute Gasteiger partial charge is 0.143 e. The van der Waals surface area contributed by atoms with Gasteiger partial charge in [0.05, 0.1) is 11.4 Å². The van der Waals surface area contributed by atoms with Gasteiger partial charge < -0.3 is 19.1 Å². The van der Waals surface area contributed by atoms with Crippen LogP contribution in [0, 0.1) is 0 Å². The number of rotatable bonds is 4. The van der Waals surface area contributed by atoms with Crippen LogP contribution in [0.5, 0.6) is 0 Å². The summed E-state index contributed by atoms with van der Waals surface area (Å²) < 4.78 is 13.1. The summed E-state index contributed by atoms with van der Waals surface area (Å²) in [5, 5.41) is 12.8. The Hall–Kier alpha value is -7.30. The fourth-order valence-corrected chi connectivity index (χ4v) is 8.95. The lowest BCUT2D eigenvalue weighted by Gasteiger charge is -2.29. The average molecular weight is 705 g/mol. The molecule has 4 heteroatoms. The van der Waals surface area contributed by atoms with Crippen molar-refractivity contribution in [2.75, 3.05) is 10.2 Å². The fourth-order valence-electron chi connectivity index (χ4n) is 8.95. The van der Waals surface area contributed by atoms with Crippen LogP contribution in [-0.2, 0) is 0 Å². The minimum absolute atomic E-state index is 0.101. The topological polar surface area (TPSA) is 41.5 Å². The Morgan fingerprint density at radius 2 is 0.873 bits per heavy atom. The minimum atomic E-state index is -0.101. The summed E-state index contributed by atoms with van der Waals surface area (Å²) in [7, 11) is 0. The number of nitrogens with zero attached hydrogens (tertiary/aromatic N) is 1. The van der Waals surface area contributed by atoms with E-state index in [4.69, 9.17) is 8.83 Å². The van der Waals surface area contributed by atoms with Crippen LogP contribution >= 0.6 is 0 Å². The Balaban J connectivity index is 1.19. The van der Waals surface area contributed by atoms with Crippen LogP contribution < -0.4 is 10.2 Å². The van der Waals surface area contributed by atoms with E-state index in [1.165, 1.54) is 5.56 Å². The monoisotopic (exact) mass is 704 g/mol. The first-order chi connectivity index (χ1) is 27.3. The molecule has 0 saturated heterocycles. The number of furan rings is 2. The van der Waals surface area contributed by atoms with Crippen LogP contribution in [0.1, 0.15) is 11.7 Å². The van der Waals surface area contributed by atoms with Crippen molar-refractivity contribution in [1.82, 2.24) is 0 Å². The van der Waals surface area contributed by atoms with E-state index in [2.05, 4.69) is 180 Å². The second kappa shape index (κ2) is 11.6. The molecule has 55 heavy (non-hydrogen) atoms. The summed E-state index contributed by atoms with van der Waals surface area (Å²) in [6.07, 6.45) is -0.101. The van der Waals surface area contributed by atoms with E-state index in [0.717, 1.165) is 105 Å². The molecule has 258 valence electrons. The number of fused-ring (bicyclic) bond motifs is 11. The van der Waals surface area contributed by atoms with Gasteiger partial charge in [0, 0.05) is 38.0 Å². The van der Waals surface area contributed by atoms with Gasteiger partial charge >= 0.3 is 0 Å². The standard InChI is InChI=1S/C51H32N2O2/c1-2-14-31(15-3-1)51-52-45-22-10-11-23-46(45)53(51)34-27-32(41-29-43-37-18-8-12-24-47(37)54-49(43)39-20-6-4-16-35(39)41)26-33(28-34)42-30-44-38-19-9-13-25-48(38)55-50(44)40-21-7-5-17-36(40)42/h1-30,51-52H. The van der Waals surface area contributed by atoms with Crippen LogP contribution in [0.15, 0.2) is 191 Å². The van der Waals surface area contributed by atoms with Gasteiger partial charge in [-0.1, -0.05) is 127 Å². The Kier molecular flexibility index (Phi) is 6.37. The molecule has 0 amide bonds. The molecule has 0 bridgehead atoms. The van der Waals surface area contributed by atoms with Crippen molar-refractivity contribution in [3.05, 3.63) is 188 Å². The summed E-state index contributed by atoms with van der Waals surface area (Å²) in [4.78, 5) is 2.46. The molecule has 1 aliphatic rings. The first-order valence-corrected chi connectivity index (χ1v) is 18.8. The van der Waals surface area contributed by atoms with Gasteiger partial charge in [-0.2, -0.15) is 0 Å². The minimum Gasteiger partial charge on any atom is -0.455 e. The van der Waals surface area contributed by atoms with Gasteiger partial charge in [-0.25, -0.2) is 0 Å². The van der Waals surface area contributed by atoms with Gasteiger partial charge in [0.1, 0.15) is 28.5 Å². The first-order valence-electron chi connectivity index (χ1n) is 18.8. The normalized spacial score (nSPS) is 14.1. The van der Waals surface area contributed by atoms with E-state index in [9.17, 15) is 0 Å². The Labute approximate surface area is 316 Å². The predicted molar refractivity (Wildman–Crippen MR) is 228 cm³/mol. The van der Waals surface area contributed by atoms with Gasteiger partial charge in [-0.15, -0.1) is 0 Å². The van der Waals surface area contributed by atoms with E-state index in [0.29, 0.717) is 0 Å². The van der Waals surface area contributed by atoms with Gasteiger partial charge in [0.25, 0.3) is 0 Å². The Morgan fingerprint density at radius 3 is 1.45 bits per heavy atom. The van der Waals surface area contributed by atoms with Crippen LogP contribution in [0.25, 0.3) is 87.7 Å². The molecule has 4 nitrogen and oxygen atoms in total. The third kappa shape index (κ3) is 4.52. The second-order valence-electron chi connectivity index (χ2n) is 14.5. The molecular formula is C51H32N2O2. The maximum Gasteiger partial charge on any atom is 0.143 e. The fraction of sp³-hybridized carbons (Fsp3) is 0.0196. The molecule has 0 fully saturated rings. The van der Waals surface area contributed by atoms with Crippen molar-refractivity contribution < 1.29 is 8.83 Å². The highest BCUT2D eigenvalue weighted by atomic mass is 16.3. The molecule has 0 radical (unpaired) electrons. The van der Waals surface area contributed by atoms with E-state index in [1.54, 1.807) is 0 Å². The quantitative estimate of drug-likeness (QED) is 0.198. The zero-order valence-electron chi connectivity index (χ0n) is 29.7. The molecule has 0 spiro atoms. The zero-order chi connectivity index (χ0) is 36.0. The number of nitrogens with one attached hydrogen (secondary N) is 1. The third-order valence-corrected chi connectivity index (χ3v) is 11.4. The molecule has 1 N–H and O–H groups in total. The van der Waals surface area contributed by atoms with Crippen molar-refractivity contribution in [2.24, 2.45) is 0 Å². The van der Waals surface area contributed by atoms with Crippen LogP contribution in [-0.4, -0.2) is 0 Å². The maximum atomic E-state index is 6.55. The number of hydrogen-bond acceptors (Lipinski definition) is 4. The lowest BCUT2D eigenvalue weighted by Crippen LogP contribution is -2.23. The number of benzene rings is 9. The van der Waals surface area contributed by atoms with Crippen molar-refractivity contribution in [1.29, 1.82) is 0 Å². The van der Waals surface area contributed by atoms with Crippen molar-refractivity contribution in [3.8, 4) is 22.3 Å². The van der Waals surface area contributed by atoms with Gasteiger partial charge in [-0.3, -0.25) is 0 Å². The van der Waals surface area contributed by atoms with Crippen molar-refractivity contribution >= 4 is 82.5 Å². The summed E-state index contributed by atoms with van der Waals surface area (Å²) in [6.45, 7) is 0. The molecule has 1 aliphatic heterocycles. The average Bonchev–Trinajstić information content (AvgIpc) is 3.95.